The van der Waals surface area contributed by atoms with Crippen LogP contribution in [-0.2, 0) is 11.3 Å². The molecule has 1 amide bonds. The molecule has 8 atom stereocenters. The number of fused-ring (bicyclic) bond motifs is 5. The van der Waals surface area contributed by atoms with Gasteiger partial charge in [-0.05, 0) is 104 Å². The van der Waals surface area contributed by atoms with E-state index in [0.29, 0.717) is 23.2 Å². The third kappa shape index (κ3) is 6.79. The highest BCUT2D eigenvalue weighted by Gasteiger charge is 2.60. The average Bonchev–Trinajstić information content (AvgIpc) is 3.27. The number of benzene rings is 1. The van der Waals surface area contributed by atoms with Gasteiger partial charge in [-0.15, -0.1) is 0 Å². The third-order valence-electron chi connectivity index (χ3n) is 12.9. The second-order valence-corrected chi connectivity index (χ2v) is 15.7. The molecule has 40 heavy (non-hydrogen) atoms. The second-order valence-electron chi connectivity index (χ2n) is 15.7. The monoisotopic (exact) mass is 662 g/mol. The van der Waals surface area contributed by atoms with Crippen LogP contribution in [0.25, 0.3) is 0 Å². The van der Waals surface area contributed by atoms with Crippen LogP contribution < -0.4 is 29.3 Å². The highest BCUT2D eigenvalue weighted by molar-refractivity contribution is 5.75. The molecule has 0 heterocycles. The highest BCUT2D eigenvalue weighted by atomic mass is 127. The van der Waals surface area contributed by atoms with Gasteiger partial charge in [0.25, 0.3) is 0 Å². The lowest BCUT2D eigenvalue weighted by atomic mass is 9.44. The Morgan fingerprint density at radius 1 is 0.950 bits per heavy atom. The molecule has 4 heteroatoms. The Hall–Kier alpha value is -0.620. The lowest BCUT2D eigenvalue weighted by Crippen LogP contribution is -3.00. The molecule has 0 bridgehead atoms. The molecule has 4 unspecified atom stereocenters. The van der Waals surface area contributed by atoms with E-state index < -0.39 is 0 Å². The lowest BCUT2D eigenvalue weighted by Gasteiger charge is -2.61. The SMILES string of the molecule is C[C@H](CCC(=O)NCCC[N+](C)(C)Cc1ccccc1)[C@H]1CCC2C3CCC4CCCC[C@]4(C)C3CC[C@@]21C.[I-]. The average molecular weight is 663 g/mol. The predicted molar refractivity (Wildman–Crippen MR) is 163 cm³/mol. The molecule has 4 saturated carbocycles. The van der Waals surface area contributed by atoms with Crippen LogP contribution >= 0.6 is 0 Å². The molecule has 226 valence electrons. The topological polar surface area (TPSA) is 29.1 Å². The van der Waals surface area contributed by atoms with Crippen molar-refractivity contribution >= 4 is 5.91 Å². The Labute approximate surface area is 263 Å². The number of nitrogens with one attached hydrogen (secondary N) is 1. The summed E-state index contributed by atoms with van der Waals surface area (Å²) in [5, 5.41) is 3.25. The third-order valence-corrected chi connectivity index (χ3v) is 12.9. The Balaban J connectivity index is 0.00000370. The number of rotatable bonds is 10. The van der Waals surface area contributed by atoms with Crippen molar-refractivity contribution in [3.8, 4) is 0 Å². The summed E-state index contributed by atoms with van der Waals surface area (Å²) in [6, 6.07) is 10.7. The molecule has 4 aliphatic carbocycles. The van der Waals surface area contributed by atoms with Crippen LogP contribution in [0.5, 0.6) is 0 Å². The largest absolute Gasteiger partial charge is 1.00 e. The summed E-state index contributed by atoms with van der Waals surface area (Å²) in [7, 11) is 4.58. The summed E-state index contributed by atoms with van der Waals surface area (Å²) >= 11 is 0. The van der Waals surface area contributed by atoms with Crippen molar-refractivity contribution < 1.29 is 33.3 Å². The van der Waals surface area contributed by atoms with E-state index in [9.17, 15) is 4.79 Å². The first-order valence-corrected chi connectivity index (χ1v) is 16.7. The summed E-state index contributed by atoms with van der Waals surface area (Å²) in [6.45, 7) is 10.8. The summed E-state index contributed by atoms with van der Waals surface area (Å²) in [6.07, 6.45) is 17.6. The van der Waals surface area contributed by atoms with E-state index >= 15 is 0 Å². The van der Waals surface area contributed by atoms with Gasteiger partial charge in [-0.1, -0.05) is 63.9 Å². The number of quaternary nitrogens is 1. The maximum atomic E-state index is 12.8. The summed E-state index contributed by atoms with van der Waals surface area (Å²) in [5.74, 6) is 5.66. The van der Waals surface area contributed by atoms with Crippen molar-refractivity contribution in [3.63, 3.8) is 0 Å². The van der Waals surface area contributed by atoms with Gasteiger partial charge >= 0.3 is 0 Å². The fourth-order valence-electron chi connectivity index (χ4n) is 10.8. The number of halogens is 1. The van der Waals surface area contributed by atoms with Crippen LogP contribution in [0.3, 0.4) is 0 Å². The molecular weight excluding hydrogens is 603 g/mol. The fraction of sp³-hybridized carbons (Fsp3) is 0.806. The molecule has 5 rings (SSSR count). The van der Waals surface area contributed by atoms with Gasteiger partial charge in [-0.25, -0.2) is 0 Å². The first kappa shape index (κ1) is 32.3. The molecule has 3 nitrogen and oxygen atoms in total. The van der Waals surface area contributed by atoms with Crippen molar-refractivity contribution in [1.82, 2.24) is 5.32 Å². The molecule has 1 N–H and O–H groups in total. The molecule has 4 fully saturated rings. The van der Waals surface area contributed by atoms with Gasteiger partial charge < -0.3 is 33.8 Å². The first-order chi connectivity index (χ1) is 18.6. The molecule has 0 saturated heterocycles. The van der Waals surface area contributed by atoms with Crippen molar-refractivity contribution in [2.24, 2.45) is 46.3 Å². The Morgan fingerprint density at radius 2 is 1.70 bits per heavy atom. The van der Waals surface area contributed by atoms with Crippen molar-refractivity contribution in [1.29, 1.82) is 0 Å². The summed E-state index contributed by atoms with van der Waals surface area (Å²) < 4.78 is 0.958. The Kier molecular flexibility index (Phi) is 10.8. The number of carbonyl (C=O) groups excluding carboxylic acids is 1. The van der Waals surface area contributed by atoms with Gasteiger partial charge in [0.05, 0.1) is 20.6 Å². The number of amides is 1. The van der Waals surface area contributed by atoms with Crippen LogP contribution in [0.15, 0.2) is 30.3 Å². The number of hydrogen-bond acceptors (Lipinski definition) is 1. The molecule has 1 aromatic carbocycles. The van der Waals surface area contributed by atoms with Crippen molar-refractivity contribution in [2.45, 2.75) is 111 Å². The minimum Gasteiger partial charge on any atom is -1.00 e. The van der Waals surface area contributed by atoms with Crippen LogP contribution in [0.2, 0.25) is 0 Å². The lowest BCUT2D eigenvalue weighted by molar-refractivity contribution is -0.903. The van der Waals surface area contributed by atoms with E-state index in [4.69, 9.17) is 0 Å². The molecule has 0 aliphatic heterocycles. The van der Waals surface area contributed by atoms with Gasteiger partial charge in [0.15, 0.2) is 0 Å². The van der Waals surface area contributed by atoms with E-state index in [1.807, 2.05) is 0 Å². The van der Waals surface area contributed by atoms with E-state index in [1.54, 1.807) is 0 Å². The molecule has 4 aliphatic rings. The van der Waals surface area contributed by atoms with Crippen LogP contribution in [0, 0.1) is 46.3 Å². The molecule has 0 spiro atoms. The molecular formula is C36H59IN2O. The van der Waals surface area contributed by atoms with E-state index in [-0.39, 0.29) is 29.9 Å². The van der Waals surface area contributed by atoms with E-state index in [2.05, 4.69) is 70.5 Å². The zero-order chi connectivity index (χ0) is 27.7. The van der Waals surface area contributed by atoms with Gasteiger partial charge in [0, 0.05) is 24.9 Å². The van der Waals surface area contributed by atoms with E-state index in [1.165, 1.54) is 69.8 Å². The zero-order valence-corrected chi connectivity index (χ0v) is 28.6. The Bertz CT molecular complexity index is 965. The maximum absolute atomic E-state index is 12.8. The standard InChI is InChI=1S/C36H58N2O.HI/c1-27(15-20-34(39)37-24-11-25-38(4,5)26-28-12-7-6-8-13-28)31-18-19-32-30-17-16-29-14-9-10-22-35(29,2)33(30)21-23-36(31,32)3;/h6-8,12-13,27,29-33H,9-11,14-26H2,1-5H3;1H/t27-,29?,30?,31-,32?,33?,35+,36-;/m1./s1. The smallest absolute Gasteiger partial charge is 0.220 e. The minimum atomic E-state index is 0. The van der Waals surface area contributed by atoms with Gasteiger partial charge in [-0.2, -0.15) is 0 Å². The van der Waals surface area contributed by atoms with Crippen molar-refractivity contribution in [2.75, 3.05) is 27.2 Å². The predicted octanol–water partition coefficient (Wildman–Crippen LogP) is 5.24. The van der Waals surface area contributed by atoms with Crippen LogP contribution in [0.4, 0.5) is 0 Å². The van der Waals surface area contributed by atoms with E-state index in [0.717, 1.165) is 66.5 Å². The molecule has 0 aromatic heterocycles. The molecule has 0 radical (unpaired) electrons. The van der Waals surface area contributed by atoms with Gasteiger partial charge in [0.1, 0.15) is 6.54 Å². The normalized spacial score (nSPS) is 36.0. The van der Waals surface area contributed by atoms with Gasteiger partial charge in [0.2, 0.25) is 5.91 Å². The fourth-order valence-corrected chi connectivity index (χ4v) is 10.8. The summed E-state index contributed by atoms with van der Waals surface area (Å²) in [5.41, 5.74) is 2.53. The summed E-state index contributed by atoms with van der Waals surface area (Å²) in [4.78, 5) is 12.8. The zero-order valence-electron chi connectivity index (χ0n) is 26.4. The second kappa shape index (κ2) is 13.3. The number of carbonyl (C=O) groups is 1. The number of nitrogens with zero attached hydrogens (tertiary/aromatic N) is 1. The number of hydrogen-bond donors (Lipinski definition) is 1. The highest BCUT2D eigenvalue weighted by Crippen LogP contribution is 2.68. The van der Waals surface area contributed by atoms with Crippen LogP contribution in [-0.4, -0.2) is 37.6 Å². The first-order valence-electron chi connectivity index (χ1n) is 16.7. The maximum Gasteiger partial charge on any atom is 0.220 e. The van der Waals surface area contributed by atoms with Crippen LogP contribution in [0.1, 0.15) is 110 Å². The minimum absolute atomic E-state index is 0. The quantitative estimate of drug-likeness (QED) is 0.208. The van der Waals surface area contributed by atoms with Gasteiger partial charge in [-0.3, -0.25) is 4.79 Å². The molecule has 1 aromatic rings. The van der Waals surface area contributed by atoms with Crippen molar-refractivity contribution in [3.05, 3.63) is 35.9 Å². The Morgan fingerprint density at radius 3 is 2.48 bits per heavy atom.